The molecule has 1 amide bonds. The van der Waals surface area contributed by atoms with Crippen LogP contribution >= 0.6 is 0 Å². The molecule has 26 nitrogen and oxygen atoms in total. The molecular formula is C30H51NO25. The molecule has 26 heteroatoms. The first kappa shape index (κ1) is 46.7. The van der Waals surface area contributed by atoms with Crippen molar-refractivity contribution >= 4 is 11.9 Å². The fraction of sp³-hybridized carbons (Fsp3) is 0.933. The van der Waals surface area contributed by atoms with Gasteiger partial charge < -0.3 is 120 Å². The van der Waals surface area contributed by atoms with E-state index in [0.717, 1.165) is 6.92 Å². The van der Waals surface area contributed by atoms with Crippen LogP contribution in [-0.4, -0.2) is 254 Å². The Bertz CT molecular complexity index is 1290. The lowest BCUT2D eigenvalue weighted by Gasteiger charge is -2.50. The van der Waals surface area contributed by atoms with Crippen molar-refractivity contribution in [2.45, 2.75) is 148 Å². The minimum atomic E-state index is -3.11. The van der Waals surface area contributed by atoms with Gasteiger partial charge in [0.15, 0.2) is 18.9 Å². The van der Waals surface area contributed by atoms with Crippen LogP contribution < -0.4 is 5.32 Å². The topological polar surface area (TPSA) is 434 Å². The smallest absolute Gasteiger partial charge is 0.364 e. The number of aliphatic hydroxyl groups excluding tert-OH is 14. The first-order valence-corrected chi connectivity index (χ1v) is 17.3. The van der Waals surface area contributed by atoms with Gasteiger partial charge in [-0.15, -0.1) is 0 Å². The quantitative estimate of drug-likeness (QED) is 0.0729. The van der Waals surface area contributed by atoms with Gasteiger partial charge in [-0.05, 0) is 0 Å². The molecule has 0 aromatic heterocycles. The Morgan fingerprint density at radius 3 is 1.71 bits per heavy atom. The van der Waals surface area contributed by atoms with Crippen molar-refractivity contribution in [1.82, 2.24) is 5.32 Å². The van der Waals surface area contributed by atoms with Crippen LogP contribution in [0.2, 0.25) is 0 Å². The number of amides is 1. The predicted octanol–water partition coefficient (Wildman–Crippen LogP) is -11.0. The Morgan fingerprint density at radius 1 is 0.661 bits per heavy atom. The van der Waals surface area contributed by atoms with Crippen LogP contribution in [0, 0.1) is 0 Å². The Morgan fingerprint density at radius 2 is 1.18 bits per heavy atom. The summed E-state index contributed by atoms with van der Waals surface area (Å²) in [6, 6.07) is -1.65. The molecule has 4 aliphatic heterocycles. The molecule has 4 heterocycles. The van der Waals surface area contributed by atoms with Crippen LogP contribution in [0.15, 0.2) is 0 Å². The SMILES string of the molecule is CC(=O)N[C@H]1[C@@H](O[C@@H]2[C@@H](O[C@@H]3[C@H](O)[C@@H](O[C@H]4[C@@H]([C@H](O)CO)O[C@@](O)(C(=O)O)C[C@H]4O)O[C@H]([C@@H](O)CO)[C@H]3O)O[C@H]([C@@H](O)CO)[C@@H](O)[C@@H]2O)O[C@H](CO)[C@@H](O)[C@@H]1O. The lowest BCUT2D eigenvalue weighted by molar-refractivity contribution is -0.397. The second-order valence-electron chi connectivity index (χ2n) is 13.8. The molecule has 0 unspecified atom stereocenters. The summed E-state index contributed by atoms with van der Waals surface area (Å²) < 4.78 is 39.0. The summed E-state index contributed by atoms with van der Waals surface area (Å²) in [6.45, 7) is -3.22. The van der Waals surface area contributed by atoms with Crippen LogP contribution in [0.4, 0.5) is 0 Å². The Hall–Kier alpha value is -1.94. The lowest BCUT2D eigenvalue weighted by atomic mass is 9.91. The van der Waals surface area contributed by atoms with Crippen LogP contribution in [0.25, 0.3) is 0 Å². The number of hydrogen-bond donors (Lipinski definition) is 17. The number of carbonyl (C=O) groups is 2. The fourth-order valence-electron chi connectivity index (χ4n) is 6.81. The van der Waals surface area contributed by atoms with E-state index >= 15 is 0 Å². The second kappa shape index (κ2) is 19.4. The van der Waals surface area contributed by atoms with Crippen molar-refractivity contribution in [3.8, 4) is 0 Å². The summed E-state index contributed by atoms with van der Waals surface area (Å²) >= 11 is 0. The van der Waals surface area contributed by atoms with E-state index in [1.54, 1.807) is 0 Å². The molecule has 4 saturated heterocycles. The Kier molecular flexibility index (Phi) is 16.2. The average Bonchev–Trinajstić information content (AvgIpc) is 3.15. The van der Waals surface area contributed by atoms with Gasteiger partial charge in [-0.3, -0.25) is 4.79 Å². The molecule has 326 valence electrons. The number of hydrogen-bond acceptors (Lipinski definition) is 24. The summed E-state index contributed by atoms with van der Waals surface area (Å²) in [5, 5.41) is 169. The van der Waals surface area contributed by atoms with Gasteiger partial charge in [0.1, 0.15) is 104 Å². The molecule has 0 bridgehead atoms. The largest absolute Gasteiger partial charge is 0.477 e. The molecule has 0 radical (unpaired) electrons. The van der Waals surface area contributed by atoms with Gasteiger partial charge in [0.25, 0.3) is 5.79 Å². The van der Waals surface area contributed by atoms with Crippen LogP contribution in [-0.2, 0) is 42.7 Å². The van der Waals surface area contributed by atoms with Gasteiger partial charge in [0, 0.05) is 13.3 Å². The Balaban J connectivity index is 1.71. The molecule has 0 aliphatic carbocycles. The van der Waals surface area contributed by atoms with Crippen LogP contribution in [0.3, 0.4) is 0 Å². The summed E-state index contributed by atoms with van der Waals surface area (Å²) in [6.07, 6.45) is -41.8. The highest BCUT2D eigenvalue weighted by Gasteiger charge is 2.58. The number of aliphatic carboxylic acids is 1. The van der Waals surface area contributed by atoms with E-state index in [0.29, 0.717) is 0 Å². The molecule has 0 aromatic carbocycles. The van der Waals surface area contributed by atoms with Crippen LogP contribution in [0.5, 0.6) is 0 Å². The molecule has 17 N–H and O–H groups in total. The van der Waals surface area contributed by atoms with Gasteiger partial charge >= 0.3 is 5.97 Å². The van der Waals surface area contributed by atoms with E-state index in [9.17, 15) is 91.3 Å². The van der Waals surface area contributed by atoms with Crippen molar-refractivity contribution in [3.05, 3.63) is 0 Å². The highest BCUT2D eigenvalue weighted by atomic mass is 16.8. The number of rotatable bonds is 15. The number of carboxylic acid groups (broad SMARTS) is 1. The van der Waals surface area contributed by atoms with E-state index in [1.807, 2.05) is 0 Å². The third kappa shape index (κ3) is 9.74. The molecule has 0 saturated carbocycles. The monoisotopic (exact) mass is 825 g/mol. The Labute approximate surface area is 316 Å². The van der Waals surface area contributed by atoms with E-state index < -0.39 is 179 Å². The first-order valence-electron chi connectivity index (χ1n) is 17.3. The minimum Gasteiger partial charge on any atom is -0.477 e. The van der Waals surface area contributed by atoms with E-state index in [2.05, 4.69) is 5.32 Å². The average molecular weight is 826 g/mol. The zero-order valence-corrected chi connectivity index (χ0v) is 29.5. The third-order valence-electron chi connectivity index (χ3n) is 9.84. The van der Waals surface area contributed by atoms with Gasteiger partial charge in [0.2, 0.25) is 5.91 Å². The van der Waals surface area contributed by atoms with Gasteiger partial charge in [-0.25, -0.2) is 4.79 Å². The molecule has 4 fully saturated rings. The highest BCUT2D eigenvalue weighted by Crippen LogP contribution is 2.37. The zero-order chi connectivity index (χ0) is 42.0. The van der Waals surface area contributed by atoms with E-state index in [1.165, 1.54) is 0 Å². The summed E-state index contributed by atoms with van der Waals surface area (Å²) in [7, 11) is 0. The summed E-state index contributed by atoms with van der Waals surface area (Å²) in [5.41, 5.74) is 0. The molecule has 56 heavy (non-hydrogen) atoms. The third-order valence-corrected chi connectivity index (χ3v) is 9.84. The van der Waals surface area contributed by atoms with Crippen molar-refractivity contribution in [2.24, 2.45) is 0 Å². The standard InChI is InChI=1S/C30H51NO25/c1-7(36)31-13-15(42)14(41)12(6-35)50-26(13)55-25-17(44)16(43)20(9(38)3-32)52-28(25)54-24-18(45)21(10(39)4-33)51-27(19(24)46)53-22-8(37)2-30(49,29(47)48)56-23(22)11(40)5-34/h8-28,32-35,37-46,49H,2-6H2,1H3,(H,31,36)(H,47,48)/t8-,9+,10+,11-,12-,13-,14-,15-,16+,17+,18-,19+,20-,21-,22-,23-,24+,25+,26-,27-,28-,30-/m1/s1. The molecule has 22 atom stereocenters. The van der Waals surface area contributed by atoms with E-state index in [4.69, 9.17) is 33.2 Å². The normalized spacial score (nSPS) is 46.4. The maximum Gasteiger partial charge on any atom is 0.364 e. The summed E-state index contributed by atoms with van der Waals surface area (Å²) in [5.74, 6) is -5.89. The summed E-state index contributed by atoms with van der Waals surface area (Å²) in [4.78, 5) is 23.7. The number of nitrogens with one attached hydrogen (secondary N) is 1. The predicted molar refractivity (Wildman–Crippen MR) is 169 cm³/mol. The van der Waals surface area contributed by atoms with Crippen molar-refractivity contribution in [3.63, 3.8) is 0 Å². The first-order chi connectivity index (χ1) is 26.2. The molecule has 4 rings (SSSR count). The second-order valence-corrected chi connectivity index (χ2v) is 13.8. The number of carboxylic acids is 1. The molecule has 0 spiro atoms. The van der Waals surface area contributed by atoms with Crippen molar-refractivity contribution < 1.29 is 124 Å². The number of aliphatic hydroxyl groups is 15. The molecular weight excluding hydrogens is 774 g/mol. The minimum absolute atomic E-state index is 0.789. The van der Waals surface area contributed by atoms with Crippen LogP contribution in [0.1, 0.15) is 13.3 Å². The fourth-order valence-corrected chi connectivity index (χ4v) is 6.81. The van der Waals surface area contributed by atoms with E-state index in [-0.39, 0.29) is 0 Å². The van der Waals surface area contributed by atoms with Gasteiger partial charge in [-0.2, -0.15) is 0 Å². The highest BCUT2D eigenvalue weighted by molar-refractivity contribution is 5.75. The molecule has 0 aromatic rings. The van der Waals surface area contributed by atoms with Crippen molar-refractivity contribution in [2.75, 3.05) is 26.4 Å². The zero-order valence-electron chi connectivity index (χ0n) is 29.5. The number of carbonyl (C=O) groups excluding carboxylic acids is 1. The maximum absolute atomic E-state index is 12.0. The van der Waals surface area contributed by atoms with Gasteiger partial charge in [0.05, 0.1) is 32.5 Å². The lowest BCUT2D eigenvalue weighted by Crippen LogP contribution is -2.70. The molecule has 4 aliphatic rings. The number of ether oxygens (including phenoxy) is 7. The van der Waals surface area contributed by atoms with Crippen molar-refractivity contribution in [1.29, 1.82) is 0 Å². The maximum atomic E-state index is 12.0. The van der Waals surface area contributed by atoms with Gasteiger partial charge in [-0.1, -0.05) is 0 Å².